The molecule has 0 atom stereocenters. The average molecular weight is 435 g/mol. The number of amides is 1. The molecule has 0 heterocycles. The minimum Gasteiger partial charge on any atom is -0.366 e. The molecule has 0 radical (unpaired) electrons. The largest absolute Gasteiger partial charge is 0.366 e. The van der Waals surface area contributed by atoms with Crippen molar-refractivity contribution in [1.82, 2.24) is 0 Å². The predicted octanol–water partition coefficient (Wildman–Crippen LogP) is 4.04. The third kappa shape index (κ3) is 3.44. The Hall–Kier alpha value is -1.15. The van der Waals surface area contributed by atoms with Crippen molar-refractivity contribution in [1.29, 1.82) is 0 Å². The van der Waals surface area contributed by atoms with Crippen molar-refractivity contribution in [3.8, 4) is 0 Å². The van der Waals surface area contributed by atoms with Crippen LogP contribution < -0.4 is 11.1 Å². The van der Waals surface area contributed by atoms with E-state index in [4.69, 9.17) is 5.73 Å². The minimum atomic E-state index is -0.574. The first kappa shape index (κ1) is 14.3. The van der Waals surface area contributed by atoms with Crippen LogP contribution in [0.15, 0.2) is 40.9 Å². The van der Waals surface area contributed by atoms with Gasteiger partial charge >= 0.3 is 0 Å². The smallest absolute Gasteiger partial charge is 0.250 e. The molecule has 0 spiro atoms. The van der Waals surface area contributed by atoms with Gasteiger partial charge in [-0.2, -0.15) is 0 Å². The molecule has 0 saturated heterocycles. The van der Waals surface area contributed by atoms with Crippen molar-refractivity contribution in [3.63, 3.8) is 0 Å². The number of anilines is 2. The highest BCUT2D eigenvalue weighted by Gasteiger charge is 2.11. The summed E-state index contributed by atoms with van der Waals surface area (Å²) in [6.07, 6.45) is 0. The topological polar surface area (TPSA) is 55.1 Å². The van der Waals surface area contributed by atoms with Crippen LogP contribution in [0.4, 0.5) is 15.8 Å². The highest BCUT2D eigenvalue weighted by molar-refractivity contribution is 14.1. The maximum Gasteiger partial charge on any atom is 0.250 e. The summed E-state index contributed by atoms with van der Waals surface area (Å²) in [5, 5.41) is 2.88. The van der Waals surface area contributed by atoms with Crippen LogP contribution >= 0.6 is 38.5 Å². The van der Waals surface area contributed by atoms with E-state index >= 15 is 0 Å². The van der Waals surface area contributed by atoms with Gasteiger partial charge in [-0.1, -0.05) is 15.9 Å². The number of nitrogens with one attached hydrogen (secondary N) is 1. The van der Waals surface area contributed by atoms with Gasteiger partial charge in [0.05, 0.1) is 16.9 Å². The molecule has 98 valence electrons. The fourth-order valence-electron chi connectivity index (χ4n) is 1.57. The van der Waals surface area contributed by atoms with Gasteiger partial charge in [-0.25, -0.2) is 4.39 Å². The second-order valence-corrected chi connectivity index (χ2v) is 5.96. The number of halogens is 3. The Morgan fingerprint density at radius 2 is 1.89 bits per heavy atom. The lowest BCUT2D eigenvalue weighted by molar-refractivity contribution is 0.100. The van der Waals surface area contributed by atoms with E-state index in [0.29, 0.717) is 16.9 Å². The van der Waals surface area contributed by atoms with E-state index in [1.54, 1.807) is 30.3 Å². The van der Waals surface area contributed by atoms with Crippen molar-refractivity contribution in [3.05, 3.63) is 55.8 Å². The maximum absolute atomic E-state index is 13.8. The van der Waals surface area contributed by atoms with Crippen molar-refractivity contribution < 1.29 is 9.18 Å². The molecule has 2 rings (SSSR count). The summed E-state index contributed by atoms with van der Waals surface area (Å²) in [5.41, 5.74) is 6.37. The van der Waals surface area contributed by atoms with Crippen LogP contribution in [0.2, 0.25) is 0 Å². The first-order chi connectivity index (χ1) is 8.97. The van der Waals surface area contributed by atoms with Crippen LogP contribution in [0.25, 0.3) is 0 Å². The van der Waals surface area contributed by atoms with Crippen molar-refractivity contribution >= 4 is 55.8 Å². The Morgan fingerprint density at radius 1 is 1.21 bits per heavy atom. The number of rotatable bonds is 3. The molecule has 1 amide bonds. The summed E-state index contributed by atoms with van der Waals surface area (Å²) in [5.74, 6) is -0.958. The summed E-state index contributed by atoms with van der Waals surface area (Å²) < 4.78 is 15.3. The molecule has 3 nitrogen and oxygen atoms in total. The summed E-state index contributed by atoms with van der Waals surface area (Å²) in [6, 6.07) is 9.81. The van der Waals surface area contributed by atoms with E-state index in [-0.39, 0.29) is 5.82 Å². The fraction of sp³-hybridized carbons (Fsp3) is 0. The van der Waals surface area contributed by atoms with E-state index in [9.17, 15) is 9.18 Å². The molecule has 19 heavy (non-hydrogen) atoms. The molecule has 0 unspecified atom stereocenters. The normalized spacial score (nSPS) is 10.3. The molecule has 3 N–H and O–H groups in total. The minimum absolute atomic E-state index is 0.297. The Kier molecular flexibility index (Phi) is 4.41. The Labute approximate surface area is 131 Å². The van der Waals surface area contributed by atoms with Gasteiger partial charge in [-0.05, 0) is 59.0 Å². The second-order valence-electron chi connectivity index (χ2n) is 3.80. The molecule has 0 fully saturated rings. The highest BCUT2D eigenvalue weighted by atomic mass is 127. The van der Waals surface area contributed by atoms with Gasteiger partial charge in [-0.3, -0.25) is 4.79 Å². The lowest BCUT2D eigenvalue weighted by Crippen LogP contribution is -2.13. The number of carbonyl (C=O) groups is 1. The van der Waals surface area contributed by atoms with E-state index in [0.717, 1.165) is 8.04 Å². The van der Waals surface area contributed by atoms with Gasteiger partial charge in [-0.15, -0.1) is 0 Å². The van der Waals surface area contributed by atoms with Crippen molar-refractivity contribution in [2.24, 2.45) is 5.73 Å². The molecule has 0 bridgehead atoms. The number of benzene rings is 2. The number of primary amides is 1. The Morgan fingerprint density at radius 3 is 2.53 bits per heavy atom. The molecule has 0 aliphatic rings. The van der Waals surface area contributed by atoms with E-state index in [1.807, 2.05) is 22.6 Å². The number of hydrogen-bond donors (Lipinski definition) is 2. The fourth-order valence-corrected chi connectivity index (χ4v) is 2.38. The van der Waals surface area contributed by atoms with Crippen LogP contribution in [0, 0.1) is 9.39 Å². The molecule has 0 aromatic heterocycles. The lowest BCUT2D eigenvalue weighted by atomic mass is 10.1. The first-order valence-corrected chi connectivity index (χ1v) is 7.16. The van der Waals surface area contributed by atoms with Crippen LogP contribution in [-0.4, -0.2) is 5.91 Å². The molecule has 2 aromatic rings. The quantitative estimate of drug-likeness (QED) is 0.716. The predicted molar refractivity (Wildman–Crippen MR) is 85.1 cm³/mol. The third-order valence-electron chi connectivity index (χ3n) is 2.45. The zero-order valence-corrected chi connectivity index (χ0v) is 13.3. The summed E-state index contributed by atoms with van der Waals surface area (Å²) in [4.78, 5) is 11.4. The number of hydrogen-bond acceptors (Lipinski definition) is 2. The van der Waals surface area contributed by atoms with Crippen molar-refractivity contribution in [2.45, 2.75) is 0 Å². The van der Waals surface area contributed by atoms with Crippen LogP contribution in [-0.2, 0) is 0 Å². The monoisotopic (exact) mass is 434 g/mol. The summed E-state index contributed by atoms with van der Waals surface area (Å²) >= 11 is 5.29. The zero-order chi connectivity index (χ0) is 14.0. The highest BCUT2D eigenvalue weighted by Crippen LogP contribution is 2.26. The molecule has 6 heteroatoms. The van der Waals surface area contributed by atoms with Gasteiger partial charge in [0.2, 0.25) is 0 Å². The zero-order valence-electron chi connectivity index (χ0n) is 9.58. The van der Waals surface area contributed by atoms with Gasteiger partial charge in [0, 0.05) is 8.04 Å². The van der Waals surface area contributed by atoms with Crippen LogP contribution in [0.5, 0.6) is 0 Å². The van der Waals surface area contributed by atoms with Crippen LogP contribution in [0.1, 0.15) is 10.4 Å². The van der Waals surface area contributed by atoms with Gasteiger partial charge in [0.15, 0.2) is 0 Å². The van der Waals surface area contributed by atoms with Crippen LogP contribution in [0.3, 0.4) is 0 Å². The molecule has 0 aliphatic heterocycles. The van der Waals surface area contributed by atoms with Gasteiger partial charge in [0.1, 0.15) is 5.82 Å². The van der Waals surface area contributed by atoms with E-state index < -0.39 is 5.91 Å². The molecule has 2 aromatic carbocycles. The Bertz CT molecular complexity index is 649. The second kappa shape index (κ2) is 5.87. The van der Waals surface area contributed by atoms with E-state index in [1.165, 1.54) is 6.07 Å². The summed E-state index contributed by atoms with van der Waals surface area (Å²) in [6.45, 7) is 0. The number of carbonyl (C=O) groups excluding carboxylic acids is 1. The standard InChI is InChI=1S/C13H9BrFIN2O/c14-7-1-3-11(9(5-7)13(17)19)18-12-4-2-8(16)6-10(12)15/h1-6,18H,(H2,17,19). The SMILES string of the molecule is NC(=O)c1cc(Br)ccc1Nc1ccc(I)cc1F. The number of nitrogens with two attached hydrogens (primary N) is 1. The summed E-state index contributed by atoms with van der Waals surface area (Å²) in [7, 11) is 0. The molecular formula is C13H9BrFIN2O. The van der Waals surface area contributed by atoms with Crippen molar-refractivity contribution in [2.75, 3.05) is 5.32 Å². The van der Waals surface area contributed by atoms with Gasteiger partial charge < -0.3 is 11.1 Å². The lowest BCUT2D eigenvalue weighted by Gasteiger charge is -2.11. The molecule has 0 saturated carbocycles. The Balaban J connectivity index is 2.40. The first-order valence-electron chi connectivity index (χ1n) is 5.29. The molecule has 0 aliphatic carbocycles. The maximum atomic E-state index is 13.8. The molecular weight excluding hydrogens is 426 g/mol. The third-order valence-corrected chi connectivity index (χ3v) is 3.61. The van der Waals surface area contributed by atoms with Gasteiger partial charge in [0.25, 0.3) is 5.91 Å². The average Bonchev–Trinajstić information content (AvgIpc) is 2.34. The van der Waals surface area contributed by atoms with E-state index in [2.05, 4.69) is 21.2 Å².